The Balaban J connectivity index is 1.86. The van der Waals surface area contributed by atoms with Gasteiger partial charge < -0.3 is 5.32 Å². The lowest BCUT2D eigenvalue weighted by Crippen LogP contribution is -2.22. The van der Waals surface area contributed by atoms with Gasteiger partial charge in [-0.3, -0.25) is 4.98 Å². The summed E-state index contributed by atoms with van der Waals surface area (Å²) in [6.45, 7) is 5.16. The van der Waals surface area contributed by atoms with Crippen molar-refractivity contribution in [3.05, 3.63) is 65.0 Å². The van der Waals surface area contributed by atoms with E-state index in [1.165, 1.54) is 36.0 Å². The maximum absolute atomic E-state index is 4.30. The molecular formula is C19H24N2. The van der Waals surface area contributed by atoms with Gasteiger partial charge in [0.05, 0.1) is 6.04 Å². The highest BCUT2D eigenvalue weighted by atomic mass is 14.9. The molecule has 3 rings (SSSR count). The molecule has 0 bridgehead atoms. The summed E-state index contributed by atoms with van der Waals surface area (Å²) in [6.07, 6.45) is 6.01. The second kappa shape index (κ2) is 6.40. The molecule has 1 atom stereocenters. The molecule has 1 N–H and O–H groups in total. The Bertz CT molecular complexity index is 585. The maximum atomic E-state index is 4.30. The molecule has 0 saturated heterocycles. The number of aromatic nitrogens is 1. The van der Waals surface area contributed by atoms with Crippen molar-refractivity contribution < 1.29 is 0 Å². The van der Waals surface area contributed by atoms with E-state index >= 15 is 0 Å². The third-order valence-corrected chi connectivity index (χ3v) is 4.51. The summed E-state index contributed by atoms with van der Waals surface area (Å²) < 4.78 is 0. The summed E-state index contributed by atoms with van der Waals surface area (Å²) in [6, 6.07) is 13.8. The van der Waals surface area contributed by atoms with Crippen LogP contribution in [0.1, 0.15) is 60.5 Å². The van der Waals surface area contributed by atoms with Crippen LogP contribution in [0.25, 0.3) is 0 Å². The number of hydrogen-bond donors (Lipinski definition) is 1. The zero-order chi connectivity index (χ0) is 14.7. The molecule has 0 aliphatic heterocycles. The van der Waals surface area contributed by atoms with Gasteiger partial charge in [-0.2, -0.15) is 0 Å². The predicted octanol–water partition coefficient (Wildman–Crippen LogP) is 4.36. The lowest BCUT2D eigenvalue weighted by Gasteiger charge is -2.26. The lowest BCUT2D eigenvalue weighted by atomic mass is 9.79. The number of nitrogens with one attached hydrogen (secondary N) is 1. The van der Waals surface area contributed by atoms with E-state index < -0.39 is 0 Å². The van der Waals surface area contributed by atoms with Crippen molar-refractivity contribution in [2.45, 2.75) is 45.1 Å². The van der Waals surface area contributed by atoms with E-state index in [-0.39, 0.29) is 6.04 Å². The third kappa shape index (κ3) is 3.16. The first-order chi connectivity index (χ1) is 10.3. The van der Waals surface area contributed by atoms with E-state index in [1.807, 2.05) is 13.1 Å². The lowest BCUT2D eigenvalue weighted by molar-refractivity contribution is 0.419. The van der Waals surface area contributed by atoms with Crippen LogP contribution in [0.3, 0.4) is 0 Å². The summed E-state index contributed by atoms with van der Waals surface area (Å²) in [4.78, 5) is 4.30. The van der Waals surface area contributed by atoms with Crippen molar-refractivity contribution in [1.82, 2.24) is 10.3 Å². The second-order valence-corrected chi connectivity index (χ2v) is 6.02. The molecule has 1 aromatic heterocycles. The van der Waals surface area contributed by atoms with E-state index in [2.05, 4.69) is 53.6 Å². The van der Waals surface area contributed by atoms with Crippen LogP contribution in [0.4, 0.5) is 0 Å². The molecule has 2 heteroatoms. The van der Waals surface area contributed by atoms with Gasteiger partial charge in [0.1, 0.15) is 0 Å². The zero-order valence-electron chi connectivity index (χ0n) is 13.0. The van der Waals surface area contributed by atoms with Crippen LogP contribution in [0.2, 0.25) is 0 Å². The molecule has 0 spiro atoms. The van der Waals surface area contributed by atoms with Gasteiger partial charge in [0.25, 0.3) is 0 Å². The van der Waals surface area contributed by atoms with E-state index in [9.17, 15) is 0 Å². The van der Waals surface area contributed by atoms with Crippen LogP contribution in [0.5, 0.6) is 0 Å². The number of rotatable bonds is 5. The fourth-order valence-corrected chi connectivity index (χ4v) is 3.08. The molecule has 1 fully saturated rings. The quantitative estimate of drug-likeness (QED) is 0.880. The Morgan fingerprint density at radius 2 is 1.90 bits per heavy atom. The first kappa shape index (κ1) is 14.3. The molecule has 1 aliphatic carbocycles. The zero-order valence-corrected chi connectivity index (χ0v) is 13.0. The van der Waals surface area contributed by atoms with E-state index in [1.54, 1.807) is 0 Å². The van der Waals surface area contributed by atoms with Crippen molar-refractivity contribution >= 4 is 0 Å². The third-order valence-electron chi connectivity index (χ3n) is 4.51. The average Bonchev–Trinajstić information content (AvgIpc) is 2.44. The number of hydrogen-bond acceptors (Lipinski definition) is 2. The summed E-state index contributed by atoms with van der Waals surface area (Å²) >= 11 is 0. The van der Waals surface area contributed by atoms with Gasteiger partial charge in [0.15, 0.2) is 0 Å². The second-order valence-electron chi connectivity index (χ2n) is 6.02. The van der Waals surface area contributed by atoms with Gasteiger partial charge in [-0.15, -0.1) is 0 Å². The molecule has 2 aromatic rings. The Morgan fingerprint density at radius 3 is 2.48 bits per heavy atom. The van der Waals surface area contributed by atoms with Crippen molar-refractivity contribution in [2.24, 2.45) is 0 Å². The molecule has 1 unspecified atom stereocenters. The first-order valence-corrected chi connectivity index (χ1v) is 8.03. The Hall–Kier alpha value is -1.67. The Kier molecular flexibility index (Phi) is 4.35. The van der Waals surface area contributed by atoms with Gasteiger partial charge >= 0.3 is 0 Å². The summed E-state index contributed by atoms with van der Waals surface area (Å²) in [5.74, 6) is 0.805. The maximum Gasteiger partial charge on any atom is 0.0577 e. The van der Waals surface area contributed by atoms with Gasteiger partial charge in [0.2, 0.25) is 0 Å². The van der Waals surface area contributed by atoms with Crippen LogP contribution in [-0.2, 0) is 0 Å². The van der Waals surface area contributed by atoms with Crippen LogP contribution in [0.15, 0.2) is 42.6 Å². The van der Waals surface area contributed by atoms with Crippen LogP contribution in [0, 0.1) is 6.92 Å². The van der Waals surface area contributed by atoms with E-state index in [0.29, 0.717) is 0 Å². The predicted molar refractivity (Wildman–Crippen MR) is 87.5 cm³/mol. The monoisotopic (exact) mass is 280 g/mol. The molecule has 1 aromatic carbocycles. The molecule has 1 heterocycles. The molecule has 0 radical (unpaired) electrons. The first-order valence-electron chi connectivity index (χ1n) is 8.03. The molecule has 1 saturated carbocycles. The largest absolute Gasteiger partial charge is 0.307 e. The van der Waals surface area contributed by atoms with Crippen LogP contribution < -0.4 is 5.32 Å². The Morgan fingerprint density at radius 1 is 1.14 bits per heavy atom. The highest BCUT2D eigenvalue weighted by Gasteiger charge is 2.20. The molecule has 2 nitrogen and oxygen atoms in total. The summed E-state index contributed by atoms with van der Waals surface area (Å²) in [5, 5.41) is 3.59. The smallest absolute Gasteiger partial charge is 0.0577 e. The number of pyridine rings is 1. The molecule has 1 aliphatic rings. The molecular weight excluding hydrogens is 256 g/mol. The van der Waals surface area contributed by atoms with Gasteiger partial charge in [-0.1, -0.05) is 37.6 Å². The van der Waals surface area contributed by atoms with E-state index in [4.69, 9.17) is 0 Å². The fraction of sp³-hybridized carbons (Fsp3) is 0.421. The Labute approximate surface area is 127 Å². The van der Waals surface area contributed by atoms with Crippen molar-refractivity contribution in [3.63, 3.8) is 0 Å². The number of nitrogens with zero attached hydrogens (tertiary/aromatic N) is 1. The minimum Gasteiger partial charge on any atom is -0.307 e. The molecule has 110 valence electrons. The van der Waals surface area contributed by atoms with Crippen molar-refractivity contribution in [2.75, 3.05) is 6.54 Å². The van der Waals surface area contributed by atoms with Crippen LogP contribution in [-0.4, -0.2) is 11.5 Å². The number of benzene rings is 1. The van der Waals surface area contributed by atoms with Crippen molar-refractivity contribution in [3.8, 4) is 0 Å². The van der Waals surface area contributed by atoms with Gasteiger partial charge in [-0.05, 0) is 61.1 Å². The minimum absolute atomic E-state index is 0.257. The topological polar surface area (TPSA) is 24.9 Å². The highest BCUT2D eigenvalue weighted by Crippen LogP contribution is 2.36. The SMILES string of the molecule is CCNC(c1ccc(C2CCC2)cc1)c1ccnc(C)c1. The fourth-order valence-electron chi connectivity index (χ4n) is 3.08. The normalized spacial score (nSPS) is 16.5. The molecule has 21 heavy (non-hydrogen) atoms. The standard InChI is InChI=1S/C19H24N2/c1-3-20-19(18-11-12-21-14(2)13-18)17-9-7-16(8-10-17)15-5-4-6-15/h7-13,15,19-20H,3-6H2,1-2H3. The van der Waals surface area contributed by atoms with Gasteiger partial charge in [-0.25, -0.2) is 0 Å². The minimum atomic E-state index is 0.257. The van der Waals surface area contributed by atoms with Gasteiger partial charge in [0, 0.05) is 11.9 Å². The van der Waals surface area contributed by atoms with E-state index in [0.717, 1.165) is 18.2 Å². The van der Waals surface area contributed by atoms with Crippen molar-refractivity contribution in [1.29, 1.82) is 0 Å². The summed E-state index contributed by atoms with van der Waals surface area (Å²) in [5.41, 5.74) is 5.21. The highest BCUT2D eigenvalue weighted by molar-refractivity contribution is 5.35. The molecule has 0 amide bonds. The van der Waals surface area contributed by atoms with Crippen LogP contribution >= 0.6 is 0 Å². The number of aryl methyl sites for hydroxylation is 1. The average molecular weight is 280 g/mol. The summed E-state index contributed by atoms with van der Waals surface area (Å²) in [7, 11) is 0.